The molecule has 0 N–H and O–H groups in total. The van der Waals surface area contributed by atoms with Gasteiger partial charge < -0.3 is 9.47 Å². The predicted molar refractivity (Wildman–Crippen MR) is 237 cm³/mol. The van der Waals surface area contributed by atoms with Crippen LogP contribution in [0.25, 0.3) is 72.0 Å². The summed E-state index contributed by atoms with van der Waals surface area (Å²) in [4.78, 5) is 0.187. The maximum atomic E-state index is 9.86. The zero-order valence-electron chi connectivity index (χ0n) is 65.9. The zero-order valence-corrected chi connectivity index (χ0v) is 27.9. The van der Waals surface area contributed by atoms with Gasteiger partial charge in [0.05, 0.1) is 68.8 Å². The highest BCUT2D eigenvalue weighted by molar-refractivity contribution is 6.10. The fourth-order valence-electron chi connectivity index (χ4n) is 5.61. The second-order valence-electron chi connectivity index (χ2n) is 11.3. The Morgan fingerprint density at radius 2 is 0.750 bits per heavy atom. The van der Waals surface area contributed by atoms with E-state index < -0.39 is 319 Å². The van der Waals surface area contributed by atoms with Gasteiger partial charge in [0.25, 0.3) is 0 Å². The van der Waals surface area contributed by atoms with E-state index in [1.54, 1.807) is 0 Å². The number of aromatic nitrogens is 1. The number of hydrogen-bond acceptors (Lipinski definition) is 1. The van der Waals surface area contributed by atoms with E-state index in [0.29, 0.717) is 4.57 Å². The standard InChI is InChI=1S/C54H38N2/c1-4-14-39(15-5-1)41-24-26-44(27-25-41)49-20-10-12-22-52(49)55(47-33-28-42(29-34-47)40-16-6-2-7-17-40)48-35-30-43(31-36-48)45-32-37-54-51(38-45)50-21-11-13-23-53(50)56(54)46-18-8-3-9-19-46/h1-38H/i1D,2D,3D,4D,5D,6D,7D,8D,9D,10D,11D,12D,13D,14D,15D,16D,17D,18D,19D,20D,21D,22D,23D,24D,25D,26D,27D,28D,29D,30D,31D,32D,33D,34D,35D,36D,37D,38D. The van der Waals surface area contributed by atoms with Crippen LogP contribution in [0.2, 0.25) is 0 Å². The van der Waals surface area contributed by atoms with Crippen LogP contribution in [0.1, 0.15) is 52.1 Å². The summed E-state index contributed by atoms with van der Waals surface area (Å²) < 4.78 is 343. The van der Waals surface area contributed by atoms with Crippen LogP contribution in [0, 0.1) is 0 Å². The molecule has 0 saturated carbocycles. The van der Waals surface area contributed by atoms with Crippen LogP contribution < -0.4 is 4.90 Å². The van der Waals surface area contributed by atoms with Crippen molar-refractivity contribution >= 4 is 38.9 Å². The normalized spacial score (nSPS) is 20.7. The Morgan fingerprint density at radius 3 is 1.38 bits per heavy atom. The molecule has 0 atom stereocenters. The van der Waals surface area contributed by atoms with Crippen LogP contribution >= 0.6 is 0 Å². The zero-order chi connectivity index (χ0) is 70.3. The number of fused-ring (bicyclic) bond motifs is 3. The van der Waals surface area contributed by atoms with Gasteiger partial charge in [-0.1, -0.05) is 169 Å². The van der Waals surface area contributed by atoms with Gasteiger partial charge >= 0.3 is 0 Å². The van der Waals surface area contributed by atoms with Gasteiger partial charge in [0.15, 0.2) is 0 Å². The molecular weight excluding hydrogens is 677 g/mol. The quantitative estimate of drug-likeness (QED) is 0.150. The van der Waals surface area contributed by atoms with E-state index in [1.807, 2.05) is 0 Å². The van der Waals surface area contributed by atoms with Crippen LogP contribution in [0.3, 0.4) is 0 Å². The summed E-state index contributed by atoms with van der Waals surface area (Å²) in [5, 5.41) is -1.42. The molecule has 0 bridgehead atoms. The largest absolute Gasteiger partial charge is 0.310 e. The minimum absolute atomic E-state index is 0.187. The summed E-state index contributed by atoms with van der Waals surface area (Å²) in [5.74, 6) is 0. The summed E-state index contributed by atoms with van der Waals surface area (Å²) in [7, 11) is 0. The molecular formula is C54H38N2. The third-order valence-corrected chi connectivity index (χ3v) is 8.06. The summed E-state index contributed by atoms with van der Waals surface area (Å²) in [5.41, 5.74) is -14.5. The smallest absolute Gasteiger partial charge is 0.0645 e. The first-order chi connectivity index (χ1) is 43.6. The lowest BCUT2D eigenvalue weighted by Gasteiger charge is -2.28. The van der Waals surface area contributed by atoms with Crippen LogP contribution in [-0.4, -0.2) is 4.57 Å². The van der Waals surface area contributed by atoms with Crippen LogP contribution in [0.4, 0.5) is 17.1 Å². The average molecular weight is 753 g/mol. The lowest BCUT2D eigenvalue weighted by atomic mass is 9.98. The number of anilines is 3. The van der Waals surface area contributed by atoms with E-state index in [4.69, 9.17) is 28.8 Å². The SMILES string of the molecule is [2H]c1c([2H])c([2H])c(-c2c([2H])c([2H])c(-c3c([2H])c([2H])c([2H])c([2H])c3N(c3c([2H])c([2H])c(-c4c([2H])c([2H])c([2H])c([2H])c4[2H])c([2H])c3[2H])c3c([2H])c([2H])c(-c4c([2H])c([2H])c5c(c4[2H])c4c([2H])c([2H])c([2H])c([2H])c4n5-c4c([2H])c([2H])c([2H])c([2H])c4[2H])c([2H])c3[2H])c([2H])c2[2H])c([2H])c1[2H]. The molecule has 264 valence electrons. The average Bonchev–Trinajstić information content (AvgIpc) is 1.41. The molecule has 2 heteroatoms. The molecule has 10 rings (SSSR count). The fourth-order valence-corrected chi connectivity index (χ4v) is 5.61. The molecule has 0 aliphatic carbocycles. The second-order valence-corrected chi connectivity index (χ2v) is 11.3. The molecule has 0 aliphatic heterocycles. The highest BCUT2D eigenvalue weighted by atomic mass is 15.1. The van der Waals surface area contributed by atoms with E-state index in [1.165, 1.54) is 0 Å². The summed E-state index contributed by atoms with van der Waals surface area (Å²) in [6.45, 7) is 0. The first kappa shape index (κ1) is 12.0. The summed E-state index contributed by atoms with van der Waals surface area (Å²) >= 11 is 0. The molecule has 1 aromatic heterocycles. The van der Waals surface area contributed by atoms with Crippen molar-refractivity contribution in [1.82, 2.24) is 4.57 Å². The van der Waals surface area contributed by atoms with Crippen molar-refractivity contribution in [3.05, 3.63) is 230 Å². The molecule has 0 aliphatic rings. The highest BCUT2D eigenvalue weighted by Crippen LogP contribution is 2.43. The monoisotopic (exact) mass is 753 g/mol. The van der Waals surface area contributed by atoms with Gasteiger partial charge in [-0.15, -0.1) is 0 Å². The summed E-state index contributed by atoms with van der Waals surface area (Å²) in [6, 6.07) is -43.6. The van der Waals surface area contributed by atoms with Gasteiger partial charge in [-0.3, -0.25) is 0 Å². The van der Waals surface area contributed by atoms with E-state index in [9.17, 15) is 23.3 Å². The van der Waals surface area contributed by atoms with E-state index in [2.05, 4.69) is 0 Å². The Balaban J connectivity index is 1.40. The van der Waals surface area contributed by atoms with Crippen molar-refractivity contribution in [2.24, 2.45) is 0 Å². The van der Waals surface area contributed by atoms with Gasteiger partial charge in [0.1, 0.15) is 0 Å². The molecule has 0 saturated heterocycles. The van der Waals surface area contributed by atoms with Crippen molar-refractivity contribution in [1.29, 1.82) is 0 Å². The minimum Gasteiger partial charge on any atom is -0.310 e. The third kappa shape index (κ3) is 6.14. The van der Waals surface area contributed by atoms with Gasteiger partial charge in [0.2, 0.25) is 0 Å². The van der Waals surface area contributed by atoms with Gasteiger partial charge in [0, 0.05) is 33.4 Å². The molecule has 0 amide bonds. The summed E-state index contributed by atoms with van der Waals surface area (Å²) in [6.07, 6.45) is 0. The molecule has 9 aromatic carbocycles. The number of benzene rings is 9. The number of para-hydroxylation sites is 3. The maximum Gasteiger partial charge on any atom is 0.0645 e. The van der Waals surface area contributed by atoms with Gasteiger partial charge in [-0.25, -0.2) is 0 Å². The fraction of sp³-hybridized carbons (Fsp3) is 0. The second kappa shape index (κ2) is 14.4. The Labute approximate surface area is 381 Å². The predicted octanol–water partition coefficient (Wildman–Crippen LogP) is 14.9. The topological polar surface area (TPSA) is 8.17 Å². The molecule has 0 fully saturated rings. The molecule has 56 heavy (non-hydrogen) atoms. The molecule has 1 heterocycles. The first-order valence-electron chi connectivity index (χ1n) is 35.1. The van der Waals surface area contributed by atoms with Crippen LogP contribution in [0.15, 0.2) is 230 Å². The van der Waals surface area contributed by atoms with E-state index in [-0.39, 0.29) is 4.90 Å². The van der Waals surface area contributed by atoms with Crippen molar-refractivity contribution in [3.8, 4) is 50.2 Å². The Bertz CT molecular complexity index is 5010. The number of nitrogens with zero attached hydrogens (tertiary/aromatic N) is 2. The van der Waals surface area contributed by atoms with Crippen LogP contribution in [0.5, 0.6) is 0 Å². The van der Waals surface area contributed by atoms with Crippen molar-refractivity contribution < 1.29 is 52.1 Å². The molecule has 0 unspecified atom stereocenters. The number of hydrogen-bond donors (Lipinski definition) is 0. The lowest BCUT2D eigenvalue weighted by Crippen LogP contribution is -2.11. The molecule has 10 aromatic rings. The Kier molecular flexibility index (Phi) is 3.10. The van der Waals surface area contributed by atoms with E-state index in [0.717, 1.165) is 0 Å². The maximum absolute atomic E-state index is 9.86. The van der Waals surface area contributed by atoms with Gasteiger partial charge in [-0.05, 0) is 99.4 Å². The Morgan fingerprint density at radius 1 is 0.321 bits per heavy atom. The first-order valence-corrected chi connectivity index (χ1v) is 16.1. The van der Waals surface area contributed by atoms with Crippen molar-refractivity contribution in [3.63, 3.8) is 0 Å². The van der Waals surface area contributed by atoms with E-state index >= 15 is 0 Å². The van der Waals surface area contributed by atoms with Crippen molar-refractivity contribution in [2.75, 3.05) is 4.90 Å². The number of rotatable bonds is 8. The molecule has 0 radical (unpaired) electrons. The highest BCUT2D eigenvalue weighted by Gasteiger charge is 2.18. The molecule has 0 spiro atoms. The minimum atomic E-state index is -1.47. The van der Waals surface area contributed by atoms with Crippen LogP contribution in [-0.2, 0) is 0 Å². The lowest BCUT2D eigenvalue weighted by molar-refractivity contribution is 1.18. The molecule has 2 nitrogen and oxygen atoms in total. The Hall–Kier alpha value is -7.42. The van der Waals surface area contributed by atoms with Crippen molar-refractivity contribution in [2.45, 2.75) is 0 Å². The third-order valence-electron chi connectivity index (χ3n) is 8.06. The van der Waals surface area contributed by atoms with Gasteiger partial charge in [-0.2, -0.15) is 0 Å².